The maximum absolute atomic E-state index is 12.5. The zero-order valence-corrected chi connectivity index (χ0v) is 15.6. The Morgan fingerprint density at radius 2 is 1.85 bits per heavy atom. The van der Waals surface area contributed by atoms with E-state index < -0.39 is 5.91 Å². The van der Waals surface area contributed by atoms with Crippen LogP contribution in [-0.2, 0) is 11.3 Å². The third-order valence-electron chi connectivity index (χ3n) is 3.96. The van der Waals surface area contributed by atoms with Gasteiger partial charge in [-0.2, -0.15) is 0 Å². The van der Waals surface area contributed by atoms with Gasteiger partial charge in [0.25, 0.3) is 0 Å². The van der Waals surface area contributed by atoms with Crippen LogP contribution in [0.1, 0.15) is 22.8 Å². The van der Waals surface area contributed by atoms with E-state index in [1.165, 1.54) is 17.3 Å². The van der Waals surface area contributed by atoms with E-state index in [4.69, 9.17) is 5.73 Å². The van der Waals surface area contributed by atoms with Gasteiger partial charge in [0.1, 0.15) is 0 Å². The van der Waals surface area contributed by atoms with Gasteiger partial charge in [0, 0.05) is 30.2 Å². The van der Waals surface area contributed by atoms with Gasteiger partial charge in [-0.15, -0.1) is 0 Å². The number of anilines is 1. The predicted octanol–water partition coefficient (Wildman–Crippen LogP) is 3.15. The molecule has 1 atom stereocenters. The molecule has 0 spiro atoms. The topological polar surface area (TPSA) is 90.0 Å². The highest BCUT2D eigenvalue weighted by Gasteiger charge is 2.17. The van der Waals surface area contributed by atoms with Crippen LogP contribution in [0.2, 0.25) is 0 Å². The Balaban J connectivity index is 1.61. The molecule has 3 aromatic rings. The summed E-state index contributed by atoms with van der Waals surface area (Å²) in [5.41, 5.74) is 7.41. The highest BCUT2D eigenvalue weighted by molar-refractivity contribution is 8.00. The monoisotopic (exact) mass is 380 g/mol. The largest absolute Gasteiger partial charge is 0.366 e. The lowest BCUT2D eigenvalue weighted by Crippen LogP contribution is -2.23. The molecule has 3 rings (SSSR count). The molecule has 27 heavy (non-hydrogen) atoms. The van der Waals surface area contributed by atoms with Crippen LogP contribution in [0.25, 0.3) is 0 Å². The number of nitrogens with zero attached hydrogens (tertiary/aromatic N) is 2. The molecule has 138 valence electrons. The van der Waals surface area contributed by atoms with E-state index in [9.17, 15) is 9.59 Å². The summed E-state index contributed by atoms with van der Waals surface area (Å²) in [5, 5.41) is 3.29. The van der Waals surface area contributed by atoms with Crippen molar-refractivity contribution >= 4 is 29.3 Å². The minimum absolute atomic E-state index is 0.138. The van der Waals surface area contributed by atoms with E-state index in [1.54, 1.807) is 30.5 Å². The van der Waals surface area contributed by atoms with Gasteiger partial charge in [0.05, 0.1) is 5.25 Å². The highest BCUT2D eigenvalue weighted by atomic mass is 32.2. The van der Waals surface area contributed by atoms with E-state index >= 15 is 0 Å². The molecule has 0 aliphatic carbocycles. The van der Waals surface area contributed by atoms with E-state index in [0.29, 0.717) is 17.8 Å². The average Bonchev–Trinajstić information content (AvgIpc) is 3.09. The third kappa shape index (κ3) is 4.98. The molecule has 0 aliphatic heterocycles. The summed E-state index contributed by atoms with van der Waals surface area (Å²) >= 11 is 1.40. The van der Waals surface area contributed by atoms with Crippen molar-refractivity contribution in [2.24, 2.45) is 5.73 Å². The Morgan fingerprint density at radius 3 is 2.52 bits per heavy atom. The van der Waals surface area contributed by atoms with Gasteiger partial charge in [0.2, 0.25) is 11.8 Å². The Morgan fingerprint density at radius 1 is 1.15 bits per heavy atom. The number of imidazole rings is 1. The summed E-state index contributed by atoms with van der Waals surface area (Å²) in [6.07, 6.45) is 3.64. The van der Waals surface area contributed by atoms with Crippen molar-refractivity contribution in [1.82, 2.24) is 9.55 Å². The fourth-order valence-corrected chi connectivity index (χ4v) is 3.35. The number of nitrogens with two attached hydrogens (primary N) is 1. The molecule has 1 heterocycles. The van der Waals surface area contributed by atoms with Gasteiger partial charge < -0.3 is 15.6 Å². The van der Waals surface area contributed by atoms with Crippen molar-refractivity contribution in [1.29, 1.82) is 0 Å². The Labute approximate surface area is 161 Å². The van der Waals surface area contributed by atoms with Gasteiger partial charge in [-0.05, 0) is 36.8 Å². The van der Waals surface area contributed by atoms with Gasteiger partial charge in [0.15, 0.2) is 5.16 Å². The summed E-state index contributed by atoms with van der Waals surface area (Å²) in [6.45, 7) is 2.53. The number of amides is 2. The fourth-order valence-electron chi connectivity index (χ4n) is 2.49. The van der Waals surface area contributed by atoms with Gasteiger partial charge in [-0.3, -0.25) is 9.59 Å². The number of benzene rings is 2. The number of carbonyl (C=O) groups excluding carboxylic acids is 2. The first kappa shape index (κ1) is 18.7. The molecule has 0 bridgehead atoms. The summed E-state index contributed by atoms with van der Waals surface area (Å²) in [7, 11) is 0. The molecule has 6 nitrogen and oxygen atoms in total. The Kier molecular flexibility index (Phi) is 5.93. The summed E-state index contributed by atoms with van der Waals surface area (Å²) in [5.74, 6) is -0.636. The summed E-state index contributed by atoms with van der Waals surface area (Å²) in [6, 6.07) is 16.6. The number of rotatable bonds is 7. The zero-order chi connectivity index (χ0) is 19.2. The second-order valence-corrected chi connectivity index (χ2v) is 7.32. The van der Waals surface area contributed by atoms with Crippen LogP contribution < -0.4 is 11.1 Å². The molecule has 0 aliphatic rings. The molecule has 0 fully saturated rings. The minimum atomic E-state index is -0.498. The number of carbonyl (C=O) groups is 2. The Bertz CT molecular complexity index is 923. The van der Waals surface area contributed by atoms with Crippen molar-refractivity contribution in [2.45, 2.75) is 23.9 Å². The van der Waals surface area contributed by atoms with Crippen molar-refractivity contribution in [3.05, 3.63) is 78.1 Å². The lowest BCUT2D eigenvalue weighted by atomic mass is 10.2. The van der Waals surface area contributed by atoms with Crippen molar-refractivity contribution in [2.75, 3.05) is 5.32 Å². The number of nitrogens with one attached hydrogen (secondary N) is 1. The molecular formula is C20H20N4O2S. The first-order valence-corrected chi connectivity index (χ1v) is 9.33. The van der Waals surface area contributed by atoms with Crippen LogP contribution >= 0.6 is 11.8 Å². The molecule has 7 heteroatoms. The number of hydrogen-bond donors (Lipinski definition) is 2. The molecule has 0 saturated carbocycles. The molecule has 2 amide bonds. The second-order valence-electron chi connectivity index (χ2n) is 6.01. The fraction of sp³-hybridized carbons (Fsp3) is 0.150. The second kappa shape index (κ2) is 8.55. The smallest absolute Gasteiger partial charge is 0.248 e. The number of aromatic nitrogens is 2. The van der Waals surface area contributed by atoms with Crippen LogP contribution in [0.5, 0.6) is 0 Å². The first-order chi connectivity index (χ1) is 13.0. The molecule has 2 aromatic carbocycles. The number of thioether (sulfide) groups is 1. The molecular weight excluding hydrogens is 360 g/mol. The molecule has 0 radical (unpaired) electrons. The standard InChI is InChI=1S/C20H20N4O2S/c1-14(19(26)23-17-9-7-16(8-10-17)18(21)25)27-20-22-11-12-24(20)13-15-5-3-2-4-6-15/h2-12,14H,13H2,1H3,(H2,21,25)(H,23,26)/t14-/m0/s1. The van der Waals surface area contributed by atoms with Crippen molar-refractivity contribution in [3.63, 3.8) is 0 Å². The van der Waals surface area contributed by atoms with Crippen LogP contribution in [0, 0.1) is 0 Å². The number of primary amides is 1. The van der Waals surface area contributed by atoms with E-state index in [2.05, 4.69) is 22.4 Å². The summed E-state index contributed by atoms with van der Waals surface area (Å²) in [4.78, 5) is 27.9. The zero-order valence-electron chi connectivity index (χ0n) is 14.8. The van der Waals surface area contributed by atoms with E-state index in [-0.39, 0.29) is 11.2 Å². The molecule has 1 aromatic heterocycles. The van der Waals surface area contributed by atoms with Gasteiger partial charge >= 0.3 is 0 Å². The normalized spacial score (nSPS) is 11.7. The van der Waals surface area contributed by atoms with E-state index in [1.807, 2.05) is 35.9 Å². The van der Waals surface area contributed by atoms with Gasteiger partial charge in [-0.1, -0.05) is 42.1 Å². The predicted molar refractivity (Wildman–Crippen MR) is 107 cm³/mol. The molecule has 0 unspecified atom stereocenters. The Hall–Kier alpha value is -3.06. The highest BCUT2D eigenvalue weighted by Crippen LogP contribution is 2.23. The van der Waals surface area contributed by atoms with E-state index in [0.717, 1.165) is 5.16 Å². The lowest BCUT2D eigenvalue weighted by Gasteiger charge is -2.13. The SMILES string of the molecule is C[C@H](Sc1nccn1Cc1ccccc1)C(=O)Nc1ccc(C(N)=O)cc1. The average molecular weight is 380 g/mol. The maximum atomic E-state index is 12.5. The minimum Gasteiger partial charge on any atom is -0.366 e. The van der Waals surface area contributed by atoms with Crippen LogP contribution in [0.3, 0.4) is 0 Å². The quantitative estimate of drug-likeness (QED) is 0.616. The van der Waals surface area contributed by atoms with Gasteiger partial charge in [-0.25, -0.2) is 4.98 Å². The lowest BCUT2D eigenvalue weighted by molar-refractivity contribution is -0.115. The van der Waals surface area contributed by atoms with Crippen LogP contribution in [-0.4, -0.2) is 26.6 Å². The van der Waals surface area contributed by atoms with Crippen LogP contribution in [0.4, 0.5) is 5.69 Å². The first-order valence-electron chi connectivity index (χ1n) is 8.45. The molecule has 3 N–H and O–H groups in total. The summed E-state index contributed by atoms with van der Waals surface area (Å²) < 4.78 is 2.02. The van der Waals surface area contributed by atoms with Crippen LogP contribution in [0.15, 0.2) is 72.1 Å². The van der Waals surface area contributed by atoms with Crippen molar-refractivity contribution in [3.8, 4) is 0 Å². The maximum Gasteiger partial charge on any atom is 0.248 e. The van der Waals surface area contributed by atoms with Crippen molar-refractivity contribution < 1.29 is 9.59 Å². The molecule has 0 saturated heterocycles. The number of hydrogen-bond acceptors (Lipinski definition) is 4. The third-order valence-corrected chi connectivity index (χ3v) is 5.08.